The maximum absolute atomic E-state index is 12.2. The molecule has 2 N–H and O–H groups in total. The normalized spacial score (nSPS) is 16.5. The van der Waals surface area contributed by atoms with E-state index in [1.807, 2.05) is 0 Å². The number of halogens is 1. The van der Waals surface area contributed by atoms with Gasteiger partial charge in [0, 0.05) is 32.4 Å². The molecule has 0 unspecified atom stereocenters. The average molecular weight is 384 g/mol. The lowest BCUT2D eigenvalue weighted by atomic mass is 9.77. The van der Waals surface area contributed by atoms with Gasteiger partial charge in [-0.25, -0.2) is 0 Å². The Hall–Kier alpha value is -1.76. The number of ether oxygens (including phenoxy) is 3. The molecule has 1 amide bonds. The molecule has 144 valence electrons. The zero-order valence-electron chi connectivity index (χ0n) is 15.2. The fourth-order valence-corrected chi connectivity index (χ4v) is 3.39. The van der Waals surface area contributed by atoms with Gasteiger partial charge in [-0.05, 0) is 48.4 Å². The summed E-state index contributed by atoms with van der Waals surface area (Å²) in [6, 6.07) is 3.46. The van der Waals surface area contributed by atoms with Gasteiger partial charge < -0.3 is 24.6 Å². The van der Waals surface area contributed by atoms with Gasteiger partial charge in [-0.1, -0.05) is 11.6 Å². The van der Waals surface area contributed by atoms with Crippen molar-refractivity contribution in [2.45, 2.75) is 19.3 Å². The molecule has 0 spiro atoms. The molecule has 7 heteroatoms. The minimum atomic E-state index is -0.195. The molecule has 1 fully saturated rings. The minimum Gasteiger partial charge on any atom is -0.493 e. The van der Waals surface area contributed by atoms with Crippen LogP contribution in [0.25, 0.3) is 6.08 Å². The Bertz CT molecular complexity index is 636. The fourth-order valence-electron chi connectivity index (χ4n) is 3.10. The van der Waals surface area contributed by atoms with Crippen LogP contribution in [-0.4, -0.2) is 51.6 Å². The van der Waals surface area contributed by atoms with Crippen LogP contribution in [0.2, 0.25) is 5.02 Å². The second-order valence-electron chi connectivity index (χ2n) is 6.38. The SMILES string of the molecule is COc1cc(C=CC(=O)NCC2(CCO)CCOCC2)cc(Cl)c1OC. The number of aliphatic hydroxyl groups is 1. The molecule has 1 aliphatic heterocycles. The van der Waals surface area contributed by atoms with Crippen LogP contribution in [0.1, 0.15) is 24.8 Å². The highest BCUT2D eigenvalue weighted by Crippen LogP contribution is 2.36. The molecule has 1 aromatic carbocycles. The average Bonchev–Trinajstić information content (AvgIpc) is 2.65. The number of hydrogen-bond acceptors (Lipinski definition) is 5. The van der Waals surface area contributed by atoms with Gasteiger partial charge in [0.1, 0.15) is 0 Å². The lowest BCUT2D eigenvalue weighted by molar-refractivity contribution is -0.117. The highest BCUT2D eigenvalue weighted by Gasteiger charge is 2.32. The van der Waals surface area contributed by atoms with Crippen molar-refractivity contribution in [3.8, 4) is 11.5 Å². The summed E-state index contributed by atoms with van der Waals surface area (Å²) in [5.41, 5.74) is 0.641. The summed E-state index contributed by atoms with van der Waals surface area (Å²) < 4.78 is 15.8. The number of aliphatic hydroxyl groups excluding tert-OH is 1. The van der Waals surface area contributed by atoms with E-state index < -0.39 is 0 Å². The maximum Gasteiger partial charge on any atom is 0.244 e. The summed E-state index contributed by atoms with van der Waals surface area (Å²) in [6.07, 6.45) is 5.47. The van der Waals surface area contributed by atoms with Crippen molar-refractivity contribution < 1.29 is 24.1 Å². The molecular formula is C19H26ClNO5. The Morgan fingerprint density at radius 3 is 2.69 bits per heavy atom. The van der Waals surface area contributed by atoms with Crippen LogP contribution >= 0.6 is 11.6 Å². The number of nitrogens with one attached hydrogen (secondary N) is 1. The molecule has 0 aliphatic carbocycles. The Labute approximate surface area is 159 Å². The van der Waals surface area contributed by atoms with Crippen molar-refractivity contribution in [3.63, 3.8) is 0 Å². The van der Waals surface area contributed by atoms with Crippen molar-refractivity contribution in [1.29, 1.82) is 0 Å². The van der Waals surface area contributed by atoms with Crippen molar-refractivity contribution in [2.24, 2.45) is 5.41 Å². The Kier molecular flexibility index (Phi) is 7.75. The third kappa shape index (κ3) is 5.37. The molecule has 1 heterocycles. The summed E-state index contributed by atoms with van der Waals surface area (Å²) in [5, 5.41) is 12.7. The van der Waals surface area contributed by atoms with Crippen molar-refractivity contribution in [2.75, 3.05) is 40.6 Å². The first kappa shape index (κ1) is 20.6. The molecular weight excluding hydrogens is 358 g/mol. The van der Waals surface area contributed by atoms with Crippen molar-refractivity contribution in [3.05, 3.63) is 28.8 Å². The van der Waals surface area contributed by atoms with E-state index in [-0.39, 0.29) is 17.9 Å². The van der Waals surface area contributed by atoms with E-state index in [4.69, 9.17) is 25.8 Å². The number of rotatable bonds is 8. The van der Waals surface area contributed by atoms with Crippen LogP contribution in [0, 0.1) is 5.41 Å². The number of carbonyl (C=O) groups excluding carboxylic acids is 1. The number of carbonyl (C=O) groups is 1. The summed E-state index contributed by atoms with van der Waals surface area (Å²) >= 11 is 6.17. The smallest absolute Gasteiger partial charge is 0.244 e. The highest BCUT2D eigenvalue weighted by atomic mass is 35.5. The molecule has 0 bridgehead atoms. The molecule has 1 aromatic rings. The van der Waals surface area contributed by atoms with Crippen LogP contribution < -0.4 is 14.8 Å². The summed E-state index contributed by atoms with van der Waals surface area (Å²) in [4.78, 5) is 12.2. The monoisotopic (exact) mass is 383 g/mol. The molecule has 0 aromatic heterocycles. The summed E-state index contributed by atoms with van der Waals surface area (Å²) in [5.74, 6) is 0.769. The van der Waals surface area contributed by atoms with Gasteiger partial charge in [-0.2, -0.15) is 0 Å². The lowest BCUT2D eigenvalue weighted by Gasteiger charge is -2.36. The first-order valence-electron chi connectivity index (χ1n) is 8.59. The molecule has 6 nitrogen and oxygen atoms in total. The molecule has 0 atom stereocenters. The second-order valence-corrected chi connectivity index (χ2v) is 6.78. The third-order valence-corrected chi connectivity index (χ3v) is 5.00. The minimum absolute atomic E-state index is 0.0941. The van der Waals surface area contributed by atoms with Crippen molar-refractivity contribution >= 4 is 23.6 Å². The zero-order chi connectivity index (χ0) is 19.0. The number of methoxy groups -OCH3 is 2. The summed E-state index contributed by atoms with van der Waals surface area (Å²) in [7, 11) is 3.05. The van der Waals surface area contributed by atoms with Crippen LogP contribution in [0.15, 0.2) is 18.2 Å². The maximum atomic E-state index is 12.2. The van der Waals surface area contributed by atoms with Crippen LogP contribution in [0.5, 0.6) is 11.5 Å². The van der Waals surface area contributed by atoms with Gasteiger partial charge in [-0.3, -0.25) is 4.79 Å². The standard InChI is InChI=1S/C19H26ClNO5/c1-24-16-12-14(11-15(20)18(16)25-2)3-4-17(23)21-13-19(5-8-22)6-9-26-10-7-19/h3-4,11-12,22H,5-10,13H2,1-2H3,(H,21,23). The van der Waals surface area contributed by atoms with Crippen molar-refractivity contribution in [1.82, 2.24) is 5.32 Å². The largest absolute Gasteiger partial charge is 0.493 e. The topological polar surface area (TPSA) is 77.0 Å². The molecule has 2 rings (SSSR count). The first-order valence-corrected chi connectivity index (χ1v) is 8.97. The zero-order valence-corrected chi connectivity index (χ0v) is 16.0. The molecule has 26 heavy (non-hydrogen) atoms. The molecule has 1 saturated heterocycles. The van der Waals surface area contributed by atoms with E-state index in [2.05, 4.69) is 5.32 Å². The van der Waals surface area contributed by atoms with Gasteiger partial charge in [0.15, 0.2) is 11.5 Å². The molecule has 1 aliphatic rings. The number of benzene rings is 1. The van der Waals surface area contributed by atoms with Crippen LogP contribution in [0.4, 0.5) is 0 Å². The number of amides is 1. The van der Waals surface area contributed by atoms with E-state index in [0.717, 1.165) is 18.4 Å². The Morgan fingerprint density at radius 2 is 2.08 bits per heavy atom. The van der Waals surface area contributed by atoms with Crippen LogP contribution in [0.3, 0.4) is 0 Å². The number of hydrogen-bond donors (Lipinski definition) is 2. The predicted octanol–water partition coefficient (Wildman–Crippen LogP) is 2.67. The molecule has 0 saturated carbocycles. The second kappa shape index (κ2) is 9.80. The summed E-state index contributed by atoms with van der Waals surface area (Å²) in [6.45, 7) is 1.95. The van der Waals surface area contributed by atoms with E-state index in [9.17, 15) is 9.90 Å². The van der Waals surface area contributed by atoms with Gasteiger partial charge in [-0.15, -0.1) is 0 Å². The predicted molar refractivity (Wildman–Crippen MR) is 101 cm³/mol. The van der Waals surface area contributed by atoms with E-state index in [1.165, 1.54) is 20.3 Å². The van der Waals surface area contributed by atoms with E-state index in [1.54, 1.807) is 18.2 Å². The van der Waals surface area contributed by atoms with Gasteiger partial charge in [0.2, 0.25) is 5.91 Å². The Balaban J connectivity index is 1.99. The highest BCUT2D eigenvalue weighted by molar-refractivity contribution is 6.32. The first-order chi connectivity index (χ1) is 12.5. The fraction of sp³-hybridized carbons (Fsp3) is 0.526. The Morgan fingerprint density at radius 1 is 1.35 bits per heavy atom. The van der Waals surface area contributed by atoms with E-state index >= 15 is 0 Å². The van der Waals surface area contributed by atoms with E-state index in [0.29, 0.717) is 42.7 Å². The third-order valence-electron chi connectivity index (χ3n) is 4.72. The van der Waals surface area contributed by atoms with Crippen LogP contribution in [-0.2, 0) is 9.53 Å². The molecule has 0 radical (unpaired) electrons. The van der Waals surface area contributed by atoms with Gasteiger partial charge in [0.25, 0.3) is 0 Å². The quantitative estimate of drug-likeness (QED) is 0.675. The van der Waals surface area contributed by atoms with Gasteiger partial charge in [0.05, 0.1) is 19.2 Å². The lowest BCUT2D eigenvalue weighted by Crippen LogP contribution is -2.41. The van der Waals surface area contributed by atoms with Gasteiger partial charge >= 0.3 is 0 Å².